The second-order valence-corrected chi connectivity index (χ2v) is 13.3. The lowest BCUT2D eigenvalue weighted by atomic mass is 9.89. The Morgan fingerprint density at radius 2 is 2.05 bits per heavy atom. The third-order valence-corrected chi connectivity index (χ3v) is 9.80. The third kappa shape index (κ3) is 8.47. The highest BCUT2D eigenvalue weighted by molar-refractivity contribution is 7.98. The molecule has 2 aromatic carbocycles. The van der Waals surface area contributed by atoms with Gasteiger partial charge in [-0.05, 0) is 91.4 Å². The number of carbonyl (C=O) groups is 1. The van der Waals surface area contributed by atoms with Gasteiger partial charge in [-0.3, -0.25) is 9.52 Å². The number of nitrogens with one attached hydrogen (secondary N) is 1. The lowest BCUT2D eigenvalue weighted by molar-refractivity contribution is 0.0129. The summed E-state index contributed by atoms with van der Waals surface area (Å²) in [4.78, 5) is 15.5. The van der Waals surface area contributed by atoms with E-state index in [2.05, 4.69) is 36.5 Å². The molecule has 9 heteroatoms. The summed E-state index contributed by atoms with van der Waals surface area (Å²) in [5.74, 6) is 0.364. The average molecular weight is 633 g/mol. The average Bonchev–Trinajstić information content (AvgIpc) is 3.18. The van der Waals surface area contributed by atoms with Gasteiger partial charge < -0.3 is 19.5 Å². The molecule has 236 valence electrons. The molecule has 0 fully saturated rings. The van der Waals surface area contributed by atoms with Crippen molar-refractivity contribution in [3.05, 3.63) is 69.5 Å². The van der Waals surface area contributed by atoms with Gasteiger partial charge in [0.25, 0.3) is 5.91 Å². The van der Waals surface area contributed by atoms with E-state index in [1.165, 1.54) is 17.5 Å². The number of aliphatic hydroxyl groups excluding tert-OH is 1. The molecule has 0 saturated carbocycles. The first-order valence-electron chi connectivity index (χ1n) is 15.6. The highest BCUT2D eigenvalue weighted by Crippen LogP contribution is 2.38. The Bertz CT molecular complexity index is 1280. The van der Waals surface area contributed by atoms with Crippen LogP contribution in [-0.4, -0.2) is 55.3 Å². The number of allylic oxidation sites excluding steroid dienone is 1. The van der Waals surface area contributed by atoms with Crippen LogP contribution in [0.2, 0.25) is 5.02 Å². The topological polar surface area (TPSA) is 71.0 Å². The zero-order valence-electron chi connectivity index (χ0n) is 25.8. The molecule has 2 aliphatic rings. The van der Waals surface area contributed by atoms with Crippen molar-refractivity contribution in [3.63, 3.8) is 0 Å². The Morgan fingerprint density at radius 1 is 1.23 bits per heavy atom. The Morgan fingerprint density at radius 3 is 2.79 bits per heavy atom. The predicted molar refractivity (Wildman–Crippen MR) is 175 cm³/mol. The number of fused-ring (bicyclic) bond motifs is 1. The van der Waals surface area contributed by atoms with Gasteiger partial charge in [0, 0.05) is 29.8 Å². The van der Waals surface area contributed by atoms with Crippen LogP contribution in [0.1, 0.15) is 87.2 Å². The molecule has 1 amide bonds. The van der Waals surface area contributed by atoms with E-state index in [0.717, 1.165) is 43.4 Å². The molecule has 0 aromatic heterocycles. The van der Waals surface area contributed by atoms with Crippen LogP contribution >= 0.6 is 23.5 Å². The van der Waals surface area contributed by atoms with Gasteiger partial charge in [0.15, 0.2) is 0 Å². The van der Waals surface area contributed by atoms with E-state index in [1.807, 2.05) is 31.2 Å². The number of amides is 1. The summed E-state index contributed by atoms with van der Waals surface area (Å²) in [6.07, 6.45) is 7.10. The number of ether oxygens (including phenoxy) is 2. The molecule has 4 atom stereocenters. The molecule has 2 aromatic rings. The zero-order chi connectivity index (χ0) is 30.9. The lowest BCUT2D eigenvalue weighted by Gasteiger charge is -2.32. The molecular weight excluding hydrogens is 587 g/mol. The van der Waals surface area contributed by atoms with Crippen molar-refractivity contribution in [1.82, 2.24) is 4.72 Å². The van der Waals surface area contributed by atoms with Crippen LogP contribution in [-0.2, 0) is 11.2 Å². The summed E-state index contributed by atoms with van der Waals surface area (Å²) in [6, 6.07) is 9.19. The summed E-state index contributed by atoms with van der Waals surface area (Å²) in [5.41, 5.74) is 4.19. The number of benzene rings is 2. The highest BCUT2D eigenvalue weighted by atomic mass is 35.5. The fraction of sp³-hybridized carbons (Fsp3) is 0.559. The van der Waals surface area contributed by atoms with Gasteiger partial charge in [0.05, 0.1) is 36.6 Å². The monoisotopic (exact) mass is 632 g/mol. The van der Waals surface area contributed by atoms with Crippen molar-refractivity contribution in [3.8, 4) is 5.75 Å². The van der Waals surface area contributed by atoms with Crippen molar-refractivity contribution in [2.24, 2.45) is 5.92 Å². The third-order valence-electron chi connectivity index (χ3n) is 8.57. The van der Waals surface area contributed by atoms with E-state index in [1.54, 1.807) is 6.07 Å². The first-order valence-corrected chi connectivity index (χ1v) is 16.9. The van der Waals surface area contributed by atoms with Crippen molar-refractivity contribution >= 4 is 35.1 Å². The van der Waals surface area contributed by atoms with Gasteiger partial charge >= 0.3 is 0 Å². The Hall–Kier alpha value is -2.26. The minimum absolute atomic E-state index is 0.0212. The Balaban J connectivity index is 1.74. The van der Waals surface area contributed by atoms with E-state index in [4.69, 9.17) is 21.1 Å². The number of hydrogen-bond acceptors (Lipinski definition) is 6. The maximum Gasteiger partial charge on any atom is 0.261 e. The van der Waals surface area contributed by atoms with Crippen LogP contribution in [0, 0.1) is 11.7 Å². The van der Waals surface area contributed by atoms with Crippen molar-refractivity contribution in [2.75, 3.05) is 37.8 Å². The number of aliphatic hydroxyl groups is 1. The van der Waals surface area contributed by atoms with Crippen LogP contribution in [0.5, 0.6) is 5.75 Å². The van der Waals surface area contributed by atoms with Gasteiger partial charge in [-0.15, -0.1) is 0 Å². The van der Waals surface area contributed by atoms with Gasteiger partial charge in [0.1, 0.15) is 11.6 Å². The fourth-order valence-corrected chi connectivity index (χ4v) is 7.03. The van der Waals surface area contributed by atoms with E-state index >= 15 is 4.39 Å². The van der Waals surface area contributed by atoms with Gasteiger partial charge in [-0.25, -0.2) is 4.39 Å². The highest BCUT2D eigenvalue weighted by Gasteiger charge is 2.30. The molecule has 2 bridgehead atoms. The lowest BCUT2D eigenvalue weighted by Crippen LogP contribution is -2.34. The standard InChI is InChI=1S/C34H46ClFN2O4S/c1-5-8-28-27(12-13-29(35)32(28)36)26-20-38-16-15-24(6-2)33(41-18-17-39)22(3)9-7-10-23(4)43-37-34(40)25-11-14-31(42-21-26)30(38)19-25/h9,11-14,19,23-24,26,33,39H,5-8,10,15-18,20-21H2,1-4H3,(H,37,40)/b22-9+. The summed E-state index contributed by atoms with van der Waals surface area (Å²) < 4.78 is 30.9. The smallest absolute Gasteiger partial charge is 0.261 e. The molecule has 2 heterocycles. The zero-order valence-corrected chi connectivity index (χ0v) is 27.4. The molecule has 4 rings (SSSR count). The number of halogens is 2. The molecule has 0 radical (unpaired) electrons. The van der Waals surface area contributed by atoms with Crippen molar-refractivity contribution in [1.29, 1.82) is 0 Å². The molecular formula is C34H46ClFN2O4S. The molecule has 2 aliphatic heterocycles. The molecule has 0 spiro atoms. The van der Waals surface area contributed by atoms with Gasteiger partial charge in [0.2, 0.25) is 0 Å². The molecule has 43 heavy (non-hydrogen) atoms. The van der Waals surface area contributed by atoms with E-state index in [-0.39, 0.29) is 46.5 Å². The van der Waals surface area contributed by atoms with Crippen molar-refractivity contribution < 1.29 is 23.8 Å². The summed E-state index contributed by atoms with van der Waals surface area (Å²) in [7, 11) is 0. The molecule has 0 saturated heterocycles. The summed E-state index contributed by atoms with van der Waals surface area (Å²) in [5, 5.41) is 9.93. The van der Waals surface area contributed by atoms with Gasteiger partial charge in [-0.1, -0.05) is 57.4 Å². The Kier molecular flexibility index (Phi) is 12.6. The quantitative estimate of drug-likeness (QED) is 0.241. The molecule has 2 N–H and O–H groups in total. The number of carbonyl (C=O) groups excluding carboxylic acids is 1. The van der Waals surface area contributed by atoms with Crippen LogP contribution in [0.3, 0.4) is 0 Å². The van der Waals surface area contributed by atoms with E-state index < -0.39 is 0 Å². The van der Waals surface area contributed by atoms with Gasteiger partial charge in [-0.2, -0.15) is 0 Å². The fourth-order valence-electron chi connectivity index (χ4n) is 6.17. The van der Waals surface area contributed by atoms with Crippen LogP contribution < -0.4 is 14.4 Å². The predicted octanol–water partition coefficient (Wildman–Crippen LogP) is 7.71. The number of anilines is 1. The number of nitrogens with zero attached hydrogens (tertiary/aromatic N) is 1. The first kappa shape index (κ1) is 33.6. The minimum Gasteiger partial charge on any atom is -0.491 e. The maximum absolute atomic E-state index is 15.3. The largest absolute Gasteiger partial charge is 0.491 e. The number of hydrogen-bond donors (Lipinski definition) is 2. The number of rotatable bonds is 7. The Labute approximate surface area is 265 Å². The van der Waals surface area contributed by atoms with Crippen LogP contribution in [0.25, 0.3) is 0 Å². The molecule has 0 aliphatic carbocycles. The second-order valence-electron chi connectivity index (χ2n) is 11.7. The minimum atomic E-state index is -0.348. The second kappa shape index (κ2) is 16.2. The normalized spacial score (nSPS) is 24.9. The SMILES string of the molecule is CCCc1c(C2COc3ccc4cc3N(CCC(CC)C(OCCO)/C(C)=C/CCC(C)SNC4=O)C2)ccc(Cl)c1F. The van der Waals surface area contributed by atoms with Crippen LogP contribution in [0.4, 0.5) is 10.1 Å². The molecule has 6 nitrogen and oxygen atoms in total. The van der Waals surface area contributed by atoms with E-state index in [9.17, 15) is 9.90 Å². The first-order chi connectivity index (χ1) is 20.8. The van der Waals surface area contributed by atoms with Crippen molar-refractivity contribution in [2.45, 2.75) is 83.5 Å². The van der Waals surface area contributed by atoms with E-state index in [0.29, 0.717) is 49.6 Å². The molecule has 4 unspecified atom stereocenters. The summed E-state index contributed by atoms with van der Waals surface area (Å²) >= 11 is 7.65. The summed E-state index contributed by atoms with van der Waals surface area (Å²) in [6.45, 7) is 10.4. The maximum atomic E-state index is 15.3. The van der Waals surface area contributed by atoms with Crippen LogP contribution in [0.15, 0.2) is 42.0 Å².